The van der Waals surface area contributed by atoms with Crippen LogP contribution >= 0.6 is 0 Å². The molecule has 0 amide bonds. The highest BCUT2D eigenvalue weighted by Crippen LogP contribution is 1.94. The van der Waals surface area contributed by atoms with Gasteiger partial charge in [0.1, 0.15) is 6.61 Å². The summed E-state index contributed by atoms with van der Waals surface area (Å²) >= 11 is 0. The van der Waals surface area contributed by atoms with Crippen LogP contribution in [0.2, 0.25) is 0 Å². The summed E-state index contributed by atoms with van der Waals surface area (Å²) in [6.07, 6.45) is 1.56. The summed E-state index contributed by atoms with van der Waals surface area (Å²) in [4.78, 5) is 20.9. The van der Waals surface area contributed by atoms with E-state index in [1.165, 1.54) is 7.11 Å². The number of hydrogen-bond donors (Lipinski definition) is 0. The Bertz CT molecular complexity index is 219. The molecule has 0 saturated carbocycles. The molecule has 4 nitrogen and oxygen atoms in total. The Morgan fingerprint density at radius 3 is 1.75 bits per heavy atom. The maximum absolute atomic E-state index is 10.6. The van der Waals surface area contributed by atoms with Gasteiger partial charge < -0.3 is 9.47 Å². The van der Waals surface area contributed by atoms with Gasteiger partial charge in [0.25, 0.3) is 0 Å². The molecule has 0 aliphatic rings. The summed E-state index contributed by atoms with van der Waals surface area (Å²) in [7, 11) is 1.39. The average molecular weight is 230 g/mol. The Morgan fingerprint density at radius 1 is 1.12 bits per heavy atom. The number of ether oxygens (including phenoxy) is 2. The topological polar surface area (TPSA) is 52.6 Å². The molecule has 0 radical (unpaired) electrons. The van der Waals surface area contributed by atoms with Gasteiger partial charge in [-0.2, -0.15) is 0 Å². The molecule has 0 spiro atoms. The van der Waals surface area contributed by atoms with Gasteiger partial charge in [-0.15, -0.1) is 0 Å². The van der Waals surface area contributed by atoms with Gasteiger partial charge in [-0.25, -0.2) is 0 Å². The SMILES string of the molecule is C=CCOC(=O)C(C)C.COC(=O)C(C)C. The van der Waals surface area contributed by atoms with Crippen LogP contribution in [0.3, 0.4) is 0 Å². The fraction of sp³-hybridized carbons (Fsp3) is 0.667. The fourth-order valence-electron chi connectivity index (χ4n) is 0.543. The van der Waals surface area contributed by atoms with E-state index in [1.54, 1.807) is 33.8 Å². The van der Waals surface area contributed by atoms with Crippen LogP contribution in [-0.4, -0.2) is 25.7 Å². The maximum Gasteiger partial charge on any atom is 0.308 e. The molecule has 16 heavy (non-hydrogen) atoms. The molecule has 0 aromatic carbocycles. The Kier molecular flexibility index (Phi) is 10.9. The lowest BCUT2D eigenvalue weighted by molar-refractivity contribution is -0.146. The molecule has 0 unspecified atom stereocenters. The zero-order chi connectivity index (χ0) is 13.1. The molecule has 0 aromatic rings. The highest BCUT2D eigenvalue weighted by molar-refractivity contribution is 5.71. The lowest BCUT2D eigenvalue weighted by Gasteiger charge is -2.02. The second-order valence-corrected chi connectivity index (χ2v) is 3.75. The molecule has 0 saturated heterocycles. The lowest BCUT2D eigenvalue weighted by atomic mass is 10.2. The first-order valence-corrected chi connectivity index (χ1v) is 5.22. The van der Waals surface area contributed by atoms with Crippen molar-refractivity contribution in [3.05, 3.63) is 12.7 Å². The third kappa shape index (κ3) is 10.8. The van der Waals surface area contributed by atoms with Crippen LogP contribution in [0, 0.1) is 11.8 Å². The van der Waals surface area contributed by atoms with Crippen molar-refractivity contribution in [1.82, 2.24) is 0 Å². The maximum atomic E-state index is 10.6. The molecule has 0 heterocycles. The van der Waals surface area contributed by atoms with Crippen LogP contribution in [-0.2, 0) is 19.1 Å². The molecule has 4 heteroatoms. The van der Waals surface area contributed by atoms with E-state index < -0.39 is 0 Å². The van der Waals surface area contributed by atoms with Crippen LogP contribution in [0.25, 0.3) is 0 Å². The molecule has 0 fully saturated rings. The van der Waals surface area contributed by atoms with E-state index in [-0.39, 0.29) is 23.8 Å². The predicted molar refractivity (Wildman–Crippen MR) is 62.8 cm³/mol. The van der Waals surface area contributed by atoms with Crippen molar-refractivity contribution in [3.63, 3.8) is 0 Å². The van der Waals surface area contributed by atoms with Crippen molar-refractivity contribution in [1.29, 1.82) is 0 Å². The first-order valence-electron chi connectivity index (χ1n) is 5.22. The Hall–Kier alpha value is -1.32. The van der Waals surface area contributed by atoms with Gasteiger partial charge in [0, 0.05) is 0 Å². The second kappa shape index (κ2) is 10.2. The van der Waals surface area contributed by atoms with Gasteiger partial charge in [-0.05, 0) is 0 Å². The number of rotatable bonds is 4. The van der Waals surface area contributed by atoms with E-state index in [0.717, 1.165) is 0 Å². The van der Waals surface area contributed by atoms with E-state index in [2.05, 4.69) is 11.3 Å². The molecule has 0 aliphatic heterocycles. The summed E-state index contributed by atoms with van der Waals surface area (Å²) in [6, 6.07) is 0. The lowest BCUT2D eigenvalue weighted by Crippen LogP contribution is -2.11. The Morgan fingerprint density at radius 2 is 1.56 bits per heavy atom. The Labute approximate surface area is 97.6 Å². The van der Waals surface area contributed by atoms with Gasteiger partial charge in [-0.1, -0.05) is 40.3 Å². The van der Waals surface area contributed by atoms with Crippen LogP contribution < -0.4 is 0 Å². The van der Waals surface area contributed by atoms with E-state index in [4.69, 9.17) is 4.74 Å². The van der Waals surface area contributed by atoms with Crippen molar-refractivity contribution in [3.8, 4) is 0 Å². The standard InChI is InChI=1S/C7H12O2.C5H10O2/c1-4-5-9-7(8)6(2)3;1-4(2)5(6)7-3/h4,6H,1,5H2,2-3H3;4H,1-3H3. The molecule has 94 valence electrons. The zero-order valence-corrected chi connectivity index (χ0v) is 10.8. The first kappa shape index (κ1) is 17.1. The van der Waals surface area contributed by atoms with Crippen molar-refractivity contribution in [2.24, 2.45) is 11.8 Å². The molecule has 0 atom stereocenters. The van der Waals surface area contributed by atoms with Crippen LogP contribution in [0.15, 0.2) is 12.7 Å². The molecule has 0 N–H and O–H groups in total. The minimum atomic E-state index is -0.171. The zero-order valence-electron chi connectivity index (χ0n) is 10.8. The van der Waals surface area contributed by atoms with Crippen molar-refractivity contribution in [2.75, 3.05) is 13.7 Å². The summed E-state index contributed by atoms with van der Waals surface area (Å²) in [5, 5.41) is 0. The van der Waals surface area contributed by atoms with E-state index >= 15 is 0 Å². The minimum Gasteiger partial charge on any atom is -0.469 e. The monoisotopic (exact) mass is 230 g/mol. The second-order valence-electron chi connectivity index (χ2n) is 3.75. The highest BCUT2D eigenvalue weighted by atomic mass is 16.5. The number of methoxy groups -OCH3 is 1. The smallest absolute Gasteiger partial charge is 0.308 e. The highest BCUT2D eigenvalue weighted by Gasteiger charge is 2.05. The van der Waals surface area contributed by atoms with Gasteiger partial charge in [-0.3, -0.25) is 9.59 Å². The van der Waals surface area contributed by atoms with Gasteiger partial charge in [0.2, 0.25) is 0 Å². The number of carbonyl (C=O) groups excluding carboxylic acids is 2. The van der Waals surface area contributed by atoms with Crippen LogP contribution in [0.4, 0.5) is 0 Å². The quantitative estimate of drug-likeness (QED) is 0.548. The minimum absolute atomic E-state index is 0.00463. The molecule has 0 aliphatic carbocycles. The predicted octanol–water partition coefficient (Wildman–Crippen LogP) is 2.19. The summed E-state index contributed by atoms with van der Waals surface area (Å²) < 4.78 is 9.07. The largest absolute Gasteiger partial charge is 0.469 e. The number of carbonyl (C=O) groups is 2. The van der Waals surface area contributed by atoms with Gasteiger partial charge in [0.15, 0.2) is 0 Å². The third-order valence-corrected chi connectivity index (χ3v) is 1.49. The van der Waals surface area contributed by atoms with Crippen molar-refractivity contribution >= 4 is 11.9 Å². The number of hydrogen-bond acceptors (Lipinski definition) is 4. The molecule has 0 rings (SSSR count). The van der Waals surface area contributed by atoms with E-state index in [0.29, 0.717) is 6.61 Å². The van der Waals surface area contributed by atoms with Crippen molar-refractivity contribution < 1.29 is 19.1 Å². The van der Waals surface area contributed by atoms with Crippen LogP contribution in [0.5, 0.6) is 0 Å². The van der Waals surface area contributed by atoms with Gasteiger partial charge >= 0.3 is 11.9 Å². The molecular formula is C12H22O4. The van der Waals surface area contributed by atoms with E-state index in [9.17, 15) is 9.59 Å². The average Bonchev–Trinajstić information content (AvgIpc) is 2.25. The van der Waals surface area contributed by atoms with Crippen LogP contribution in [0.1, 0.15) is 27.7 Å². The summed E-state index contributed by atoms with van der Waals surface area (Å²) in [5.41, 5.74) is 0. The number of esters is 2. The molecule has 0 bridgehead atoms. The summed E-state index contributed by atoms with van der Waals surface area (Å²) in [6.45, 7) is 10.9. The fourth-order valence-corrected chi connectivity index (χ4v) is 0.543. The Balaban J connectivity index is 0. The summed E-state index contributed by atoms with van der Waals surface area (Å²) in [5.74, 6) is -0.357. The van der Waals surface area contributed by atoms with Crippen molar-refractivity contribution in [2.45, 2.75) is 27.7 Å². The van der Waals surface area contributed by atoms with Gasteiger partial charge in [0.05, 0.1) is 18.9 Å². The first-order chi connectivity index (χ1) is 7.36. The molecular weight excluding hydrogens is 208 g/mol. The third-order valence-electron chi connectivity index (χ3n) is 1.49. The molecule has 0 aromatic heterocycles. The van der Waals surface area contributed by atoms with E-state index in [1.807, 2.05) is 0 Å². The normalized spacial score (nSPS) is 9.19.